The molecule has 5 heteroatoms. The highest BCUT2D eigenvalue weighted by Crippen LogP contribution is 2.38. The quantitative estimate of drug-likeness (QED) is 0.912. The third-order valence-corrected chi connectivity index (χ3v) is 5.88. The van der Waals surface area contributed by atoms with Crippen LogP contribution in [0.4, 0.5) is 0 Å². The molecule has 0 saturated heterocycles. The fourth-order valence-corrected chi connectivity index (χ4v) is 4.61. The molecule has 3 rings (SSSR count). The standard InChI is InChI=1S/C15H16ClNO2S/c16-13-11-8-4-5-9-12(11)20(19)14(13)15(18)17-10-6-2-1-3-7-10/h4-5,8-10H,1-3,6-7H2,(H,17,18). The van der Waals surface area contributed by atoms with Crippen molar-refractivity contribution >= 4 is 33.3 Å². The highest BCUT2D eigenvalue weighted by molar-refractivity contribution is 7.91. The van der Waals surface area contributed by atoms with Crippen LogP contribution < -0.4 is 5.32 Å². The summed E-state index contributed by atoms with van der Waals surface area (Å²) in [6, 6.07) is 7.39. The van der Waals surface area contributed by atoms with Crippen molar-refractivity contribution in [1.29, 1.82) is 0 Å². The van der Waals surface area contributed by atoms with Gasteiger partial charge in [-0.05, 0) is 18.9 Å². The Labute approximate surface area is 125 Å². The summed E-state index contributed by atoms with van der Waals surface area (Å²) in [6.07, 6.45) is 5.50. The van der Waals surface area contributed by atoms with Crippen molar-refractivity contribution in [2.75, 3.05) is 0 Å². The highest BCUT2D eigenvalue weighted by Gasteiger charge is 2.33. The molecular formula is C15H16ClNO2S. The molecule has 1 atom stereocenters. The van der Waals surface area contributed by atoms with Gasteiger partial charge in [0.15, 0.2) is 0 Å². The summed E-state index contributed by atoms with van der Waals surface area (Å²) >= 11 is 6.24. The molecule has 3 nitrogen and oxygen atoms in total. The largest absolute Gasteiger partial charge is 0.349 e. The van der Waals surface area contributed by atoms with E-state index in [1.54, 1.807) is 12.1 Å². The molecule has 1 N–H and O–H groups in total. The van der Waals surface area contributed by atoms with E-state index >= 15 is 0 Å². The zero-order valence-corrected chi connectivity index (χ0v) is 12.6. The fourth-order valence-electron chi connectivity index (χ4n) is 2.81. The van der Waals surface area contributed by atoms with E-state index in [1.807, 2.05) is 12.1 Å². The Morgan fingerprint density at radius 3 is 2.60 bits per heavy atom. The second-order valence-corrected chi connectivity index (χ2v) is 6.98. The van der Waals surface area contributed by atoms with E-state index in [0.717, 1.165) is 25.7 Å². The third-order valence-electron chi connectivity index (χ3n) is 3.85. The van der Waals surface area contributed by atoms with Crippen molar-refractivity contribution in [2.24, 2.45) is 0 Å². The molecule has 1 aliphatic heterocycles. The number of carbonyl (C=O) groups excluding carboxylic acids is 1. The number of benzene rings is 1. The molecule has 0 bridgehead atoms. The minimum Gasteiger partial charge on any atom is -0.349 e. The first-order chi connectivity index (χ1) is 9.68. The van der Waals surface area contributed by atoms with Crippen LogP contribution in [0.25, 0.3) is 5.03 Å². The van der Waals surface area contributed by atoms with E-state index in [-0.39, 0.29) is 16.9 Å². The molecule has 20 heavy (non-hydrogen) atoms. The molecule has 1 amide bonds. The van der Waals surface area contributed by atoms with Crippen molar-refractivity contribution in [1.82, 2.24) is 5.32 Å². The number of carbonyl (C=O) groups is 1. The lowest BCUT2D eigenvalue weighted by Gasteiger charge is -2.22. The summed E-state index contributed by atoms with van der Waals surface area (Å²) in [7, 11) is -1.46. The molecule has 1 saturated carbocycles. The minimum atomic E-state index is -1.46. The normalized spacial score (nSPS) is 22.8. The van der Waals surface area contributed by atoms with Gasteiger partial charge in [0.2, 0.25) is 0 Å². The van der Waals surface area contributed by atoms with Crippen LogP contribution in [-0.2, 0) is 15.6 Å². The second kappa shape index (κ2) is 5.70. The molecule has 1 aliphatic carbocycles. The van der Waals surface area contributed by atoms with Gasteiger partial charge < -0.3 is 5.32 Å². The minimum absolute atomic E-state index is 0.189. The van der Waals surface area contributed by atoms with Crippen LogP contribution in [0.2, 0.25) is 0 Å². The van der Waals surface area contributed by atoms with Crippen LogP contribution >= 0.6 is 11.6 Å². The maximum atomic E-state index is 12.4. The molecule has 0 aromatic heterocycles. The summed E-state index contributed by atoms with van der Waals surface area (Å²) in [6.45, 7) is 0. The number of nitrogens with one attached hydrogen (secondary N) is 1. The number of hydrogen-bond donors (Lipinski definition) is 1. The highest BCUT2D eigenvalue weighted by atomic mass is 35.5. The van der Waals surface area contributed by atoms with Gasteiger partial charge in [-0.2, -0.15) is 0 Å². The SMILES string of the molecule is O=C(NC1CCCCC1)C1=C(Cl)c2ccccc2S1=O. The Morgan fingerprint density at radius 2 is 1.90 bits per heavy atom. The number of hydrogen-bond acceptors (Lipinski definition) is 2. The van der Waals surface area contributed by atoms with Crippen LogP contribution in [0.5, 0.6) is 0 Å². The third kappa shape index (κ3) is 2.42. The Kier molecular flexibility index (Phi) is 3.94. The zero-order chi connectivity index (χ0) is 14.1. The lowest BCUT2D eigenvalue weighted by atomic mass is 9.95. The van der Waals surface area contributed by atoms with Crippen molar-refractivity contribution in [3.05, 3.63) is 34.7 Å². The summed E-state index contributed by atoms with van der Waals surface area (Å²) in [4.78, 5) is 13.2. The molecule has 106 valence electrons. The molecule has 1 aromatic carbocycles. The van der Waals surface area contributed by atoms with Crippen molar-refractivity contribution in [2.45, 2.75) is 43.0 Å². The average molecular weight is 310 g/mol. The molecule has 2 aliphatic rings. The zero-order valence-electron chi connectivity index (χ0n) is 11.0. The molecule has 1 unspecified atom stereocenters. The van der Waals surface area contributed by atoms with E-state index in [0.29, 0.717) is 15.5 Å². The Bertz CT molecular complexity index is 606. The topological polar surface area (TPSA) is 46.2 Å². The monoisotopic (exact) mass is 309 g/mol. The number of halogens is 1. The maximum Gasteiger partial charge on any atom is 0.262 e. The van der Waals surface area contributed by atoms with Gasteiger partial charge in [0.05, 0.1) is 20.7 Å². The molecule has 0 spiro atoms. The van der Waals surface area contributed by atoms with E-state index in [9.17, 15) is 9.00 Å². The van der Waals surface area contributed by atoms with E-state index in [2.05, 4.69) is 5.32 Å². The van der Waals surface area contributed by atoms with Crippen LogP contribution in [0.1, 0.15) is 37.7 Å². The van der Waals surface area contributed by atoms with Crippen LogP contribution in [0, 0.1) is 0 Å². The molecule has 1 aromatic rings. The summed E-state index contributed by atoms with van der Waals surface area (Å²) in [5.41, 5.74) is 0.710. The van der Waals surface area contributed by atoms with Crippen LogP contribution in [-0.4, -0.2) is 16.2 Å². The second-order valence-electron chi connectivity index (χ2n) is 5.22. The average Bonchev–Trinajstić information content (AvgIpc) is 2.72. The first kappa shape index (κ1) is 13.8. The Balaban J connectivity index is 1.82. The lowest BCUT2D eigenvalue weighted by Crippen LogP contribution is -2.37. The van der Waals surface area contributed by atoms with Crippen LogP contribution in [0.3, 0.4) is 0 Å². The Hall–Kier alpha value is -1.13. The Morgan fingerprint density at radius 1 is 1.20 bits per heavy atom. The number of rotatable bonds is 2. The molecule has 1 fully saturated rings. The van der Waals surface area contributed by atoms with Gasteiger partial charge in [0.1, 0.15) is 4.91 Å². The van der Waals surface area contributed by atoms with Crippen molar-refractivity contribution < 1.29 is 9.00 Å². The maximum absolute atomic E-state index is 12.4. The number of amides is 1. The van der Waals surface area contributed by atoms with Gasteiger partial charge in [-0.25, -0.2) is 4.21 Å². The smallest absolute Gasteiger partial charge is 0.262 e. The first-order valence-corrected chi connectivity index (χ1v) is 8.43. The summed E-state index contributed by atoms with van der Waals surface area (Å²) in [5.74, 6) is -0.281. The lowest BCUT2D eigenvalue weighted by molar-refractivity contribution is -0.117. The molecule has 1 heterocycles. The van der Waals surface area contributed by atoms with Gasteiger partial charge in [-0.3, -0.25) is 4.79 Å². The molecular weight excluding hydrogens is 294 g/mol. The van der Waals surface area contributed by atoms with Crippen molar-refractivity contribution in [3.8, 4) is 0 Å². The predicted octanol–water partition coefficient (Wildman–Crippen LogP) is 3.16. The van der Waals surface area contributed by atoms with E-state index in [4.69, 9.17) is 11.6 Å². The first-order valence-electron chi connectivity index (χ1n) is 6.90. The van der Waals surface area contributed by atoms with Crippen LogP contribution in [0.15, 0.2) is 34.1 Å². The van der Waals surface area contributed by atoms with Gasteiger partial charge in [0, 0.05) is 11.6 Å². The molecule has 0 radical (unpaired) electrons. The van der Waals surface area contributed by atoms with Gasteiger partial charge in [-0.15, -0.1) is 0 Å². The predicted molar refractivity (Wildman–Crippen MR) is 80.6 cm³/mol. The summed E-state index contributed by atoms with van der Waals surface area (Å²) in [5, 5.41) is 3.31. The van der Waals surface area contributed by atoms with E-state index in [1.165, 1.54) is 6.42 Å². The van der Waals surface area contributed by atoms with Gasteiger partial charge in [-0.1, -0.05) is 49.1 Å². The van der Waals surface area contributed by atoms with Gasteiger partial charge >= 0.3 is 0 Å². The van der Waals surface area contributed by atoms with Crippen molar-refractivity contribution in [3.63, 3.8) is 0 Å². The van der Waals surface area contributed by atoms with E-state index < -0.39 is 10.8 Å². The fraction of sp³-hybridized carbons (Fsp3) is 0.400. The number of fused-ring (bicyclic) bond motifs is 1. The van der Waals surface area contributed by atoms with Gasteiger partial charge in [0.25, 0.3) is 5.91 Å². The summed E-state index contributed by atoms with van der Waals surface area (Å²) < 4.78 is 12.4.